The fraction of sp³-hybridized carbons (Fsp3) is 0.118. The lowest BCUT2D eigenvalue weighted by atomic mass is 10.1. The molecule has 1 aliphatic carbocycles. The first-order valence-electron chi connectivity index (χ1n) is 6.88. The van der Waals surface area contributed by atoms with Crippen molar-refractivity contribution >= 4 is 17.5 Å². The molecular formula is C17H12NO5-. The van der Waals surface area contributed by atoms with Crippen LogP contribution in [0.1, 0.15) is 21.5 Å². The van der Waals surface area contributed by atoms with Gasteiger partial charge in [0.1, 0.15) is 5.75 Å². The van der Waals surface area contributed by atoms with Gasteiger partial charge in [0.25, 0.3) is 5.69 Å². The third-order valence-electron chi connectivity index (χ3n) is 3.75. The Bertz CT molecular complexity index is 854. The molecule has 0 N–H and O–H groups in total. The number of methoxy groups -OCH3 is 1. The molecule has 116 valence electrons. The van der Waals surface area contributed by atoms with E-state index in [1.165, 1.54) is 13.2 Å². The number of nitrogens with zero attached hydrogens (tertiary/aromatic N) is 1. The van der Waals surface area contributed by atoms with E-state index in [1.807, 2.05) is 12.1 Å². The lowest BCUT2D eigenvalue weighted by Gasteiger charge is -2.13. The zero-order valence-electron chi connectivity index (χ0n) is 12.2. The molecule has 0 spiro atoms. The molecule has 6 nitrogen and oxygen atoms in total. The van der Waals surface area contributed by atoms with Crippen molar-refractivity contribution in [3.63, 3.8) is 0 Å². The Kier molecular flexibility index (Phi) is 3.57. The van der Waals surface area contributed by atoms with Crippen LogP contribution in [0.25, 0.3) is 6.08 Å². The van der Waals surface area contributed by atoms with Gasteiger partial charge in [-0.05, 0) is 23.3 Å². The van der Waals surface area contributed by atoms with Gasteiger partial charge in [-0.1, -0.05) is 24.3 Å². The van der Waals surface area contributed by atoms with Crippen LogP contribution in [0, 0.1) is 10.1 Å². The maximum absolute atomic E-state index is 12.3. The second-order valence-corrected chi connectivity index (χ2v) is 5.16. The summed E-state index contributed by atoms with van der Waals surface area (Å²) in [6, 6.07) is 9.84. The first-order valence-corrected chi connectivity index (χ1v) is 6.88. The second kappa shape index (κ2) is 5.57. The highest BCUT2D eigenvalue weighted by atomic mass is 16.6. The molecule has 23 heavy (non-hydrogen) atoms. The average Bonchev–Trinajstić information content (AvgIpc) is 2.85. The molecular weight excluding hydrogens is 298 g/mol. The summed E-state index contributed by atoms with van der Waals surface area (Å²) in [5.41, 5.74) is 1.91. The minimum absolute atomic E-state index is 0.103. The predicted molar refractivity (Wildman–Crippen MR) is 81.5 cm³/mol. The van der Waals surface area contributed by atoms with E-state index < -0.39 is 16.4 Å². The van der Waals surface area contributed by atoms with Crippen LogP contribution in [0.2, 0.25) is 0 Å². The van der Waals surface area contributed by atoms with Gasteiger partial charge in [-0.15, -0.1) is 0 Å². The molecule has 0 unspecified atom stereocenters. The summed E-state index contributed by atoms with van der Waals surface area (Å²) < 4.78 is 4.90. The molecule has 0 saturated carbocycles. The van der Waals surface area contributed by atoms with Crippen LogP contribution < -0.4 is 9.84 Å². The number of benzene rings is 2. The maximum Gasteiger partial charge on any atom is 0.266 e. The average molecular weight is 310 g/mol. The molecule has 0 atom stereocenters. The van der Waals surface area contributed by atoms with Gasteiger partial charge < -0.3 is 9.84 Å². The summed E-state index contributed by atoms with van der Waals surface area (Å²) in [5.74, 6) is -0.997. The molecule has 3 rings (SSSR count). The Hall–Kier alpha value is -3.15. The fourth-order valence-electron chi connectivity index (χ4n) is 2.65. The summed E-state index contributed by atoms with van der Waals surface area (Å²) in [6.45, 7) is 0. The normalized spacial score (nSPS) is 14.8. The monoisotopic (exact) mass is 310 g/mol. The molecule has 6 heteroatoms. The summed E-state index contributed by atoms with van der Waals surface area (Å²) in [5, 5.41) is 22.8. The van der Waals surface area contributed by atoms with Crippen molar-refractivity contribution < 1.29 is 19.6 Å². The Morgan fingerprint density at radius 3 is 2.65 bits per heavy atom. The van der Waals surface area contributed by atoms with Crippen molar-refractivity contribution in [2.45, 2.75) is 6.42 Å². The van der Waals surface area contributed by atoms with Gasteiger partial charge in [-0.3, -0.25) is 14.9 Å². The van der Waals surface area contributed by atoms with Gasteiger partial charge in [-0.2, -0.15) is 0 Å². The van der Waals surface area contributed by atoms with E-state index in [1.54, 1.807) is 18.2 Å². The standard InChI is InChI=1S/C17H13NO5/c1-23-15-8-10(7-14(17(15)20)18(21)22)6-12-9-11-4-2-3-5-13(11)16(12)19/h2-8,20H,9H2,1H3/p-1/b12-6+. The number of nitro groups is 1. The maximum atomic E-state index is 12.3. The van der Waals surface area contributed by atoms with Gasteiger partial charge >= 0.3 is 0 Å². The summed E-state index contributed by atoms with van der Waals surface area (Å²) in [6.07, 6.45) is 2.03. The number of hydrogen-bond acceptors (Lipinski definition) is 5. The van der Waals surface area contributed by atoms with Crippen LogP contribution in [-0.4, -0.2) is 17.8 Å². The van der Waals surface area contributed by atoms with E-state index in [2.05, 4.69) is 0 Å². The van der Waals surface area contributed by atoms with Crippen molar-refractivity contribution in [2.24, 2.45) is 0 Å². The molecule has 0 fully saturated rings. The number of carbonyl (C=O) groups is 1. The molecule has 0 bridgehead atoms. The van der Waals surface area contributed by atoms with Crippen LogP contribution in [-0.2, 0) is 6.42 Å². The van der Waals surface area contributed by atoms with Gasteiger partial charge in [0.2, 0.25) is 0 Å². The summed E-state index contributed by atoms with van der Waals surface area (Å²) in [4.78, 5) is 22.6. The molecule has 2 aromatic rings. The fourth-order valence-corrected chi connectivity index (χ4v) is 2.65. The summed E-state index contributed by atoms with van der Waals surface area (Å²) in [7, 11) is 1.27. The Morgan fingerprint density at radius 2 is 2.00 bits per heavy atom. The topological polar surface area (TPSA) is 92.5 Å². The minimum Gasteiger partial charge on any atom is -0.865 e. The lowest BCUT2D eigenvalue weighted by molar-refractivity contribution is -0.398. The third kappa shape index (κ3) is 2.55. The number of ketones is 1. The molecule has 0 aliphatic heterocycles. The zero-order chi connectivity index (χ0) is 16.6. The first-order chi connectivity index (χ1) is 11.0. The van der Waals surface area contributed by atoms with E-state index in [9.17, 15) is 20.0 Å². The number of allylic oxidation sites excluding steroid dienone is 1. The number of rotatable bonds is 3. The van der Waals surface area contributed by atoms with Crippen LogP contribution in [0.15, 0.2) is 42.0 Å². The van der Waals surface area contributed by atoms with Crippen molar-refractivity contribution in [3.05, 3.63) is 68.8 Å². The highest BCUT2D eigenvalue weighted by molar-refractivity contribution is 6.15. The molecule has 0 aromatic heterocycles. The quantitative estimate of drug-likeness (QED) is 0.493. The largest absolute Gasteiger partial charge is 0.865 e. The number of hydrogen-bond donors (Lipinski definition) is 0. The Labute approximate surface area is 131 Å². The van der Waals surface area contributed by atoms with Gasteiger partial charge in [-0.25, -0.2) is 0 Å². The van der Waals surface area contributed by atoms with Crippen LogP contribution in [0.3, 0.4) is 0 Å². The molecule has 0 amide bonds. The third-order valence-corrected chi connectivity index (χ3v) is 3.75. The Morgan fingerprint density at radius 1 is 1.26 bits per heavy atom. The van der Waals surface area contributed by atoms with Crippen molar-refractivity contribution in [3.8, 4) is 11.5 Å². The smallest absolute Gasteiger partial charge is 0.266 e. The van der Waals surface area contributed by atoms with Crippen molar-refractivity contribution in [1.29, 1.82) is 0 Å². The zero-order valence-corrected chi connectivity index (χ0v) is 12.2. The van der Waals surface area contributed by atoms with Gasteiger partial charge in [0.15, 0.2) is 5.78 Å². The van der Waals surface area contributed by atoms with Crippen LogP contribution in [0.4, 0.5) is 5.69 Å². The molecule has 0 radical (unpaired) electrons. The van der Waals surface area contributed by atoms with Crippen LogP contribution in [0.5, 0.6) is 11.5 Å². The minimum atomic E-state index is -0.777. The number of Topliss-reactive ketones (excluding diaryl/α,β-unsaturated/α-hetero) is 1. The molecule has 0 heterocycles. The summed E-state index contributed by atoms with van der Waals surface area (Å²) >= 11 is 0. The Balaban J connectivity index is 2.06. The number of ether oxygens (including phenoxy) is 1. The van der Waals surface area contributed by atoms with Crippen LogP contribution >= 0.6 is 0 Å². The first kappa shape index (κ1) is 14.8. The number of carbonyl (C=O) groups excluding carboxylic acids is 1. The molecule has 0 saturated heterocycles. The highest BCUT2D eigenvalue weighted by Crippen LogP contribution is 2.36. The second-order valence-electron chi connectivity index (χ2n) is 5.16. The van der Waals surface area contributed by atoms with Crippen molar-refractivity contribution in [1.82, 2.24) is 0 Å². The van der Waals surface area contributed by atoms with Crippen molar-refractivity contribution in [2.75, 3.05) is 7.11 Å². The molecule has 1 aliphatic rings. The van der Waals surface area contributed by atoms with E-state index in [0.717, 1.165) is 11.6 Å². The lowest BCUT2D eigenvalue weighted by Crippen LogP contribution is -2.02. The van der Waals surface area contributed by atoms with Gasteiger partial charge in [0, 0.05) is 29.4 Å². The predicted octanol–water partition coefficient (Wildman–Crippen LogP) is 2.50. The number of fused-ring (bicyclic) bond motifs is 1. The van der Waals surface area contributed by atoms with Gasteiger partial charge in [0.05, 0.1) is 12.0 Å². The van der Waals surface area contributed by atoms with E-state index in [4.69, 9.17) is 4.74 Å². The van der Waals surface area contributed by atoms with E-state index in [-0.39, 0.29) is 11.5 Å². The highest BCUT2D eigenvalue weighted by Gasteiger charge is 2.24. The SMILES string of the molecule is COc1cc(/C=C2\Cc3ccccc3C2=O)cc([N+](=O)[O-])c1[O-]. The number of nitro benzene ring substituents is 1. The molecule has 2 aromatic carbocycles. The van der Waals surface area contributed by atoms with E-state index >= 15 is 0 Å². The van der Waals surface area contributed by atoms with E-state index in [0.29, 0.717) is 23.1 Å².